The Balaban J connectivity index is 1.89. The van der Waals surface area contributed by atoms with E-state index in [0.717, 1.165) is 18.4 Å². The van der Waals surface area contributed by atoms with Gasteiger partial charge in [-0.15, -0.1) is 11.8 Å². The van der Waals surface area contributed by atoms with E-state index in [-0.39, 0.29) is 17.2 Å². The van der Waals surface area contributed by atoms with Crippen molar-refractivity contribution in [2.75, 3.05) is 5.75 Å². The van der Waals surface area contributed by atoms with E-state index in [0.29, 0.717) is 5.75 Å². The van der Waals surface area contributed by atoms with Crippen molar-refractivity contribution in [1.82, 2.24) is 4.90 Å². The molecule has 1 aromatic rings. The van der Waals surface area contributed by atoms with Crippen molar-refractivity contribution in [1.29, 1.82) is 0 Å². The van der Waals surface area contributed by atoms with Crippen molar-refractivity contribution in [3.8, 4) is 0 Å². The zero-order valence-corrected chi connectivity index (χ0v) is 10.4. The highest BCUT2D eigenvalue weighted by Gasteiger charge is 2.44. The number of carbonyl (C=O) groups is 2. The molecular formula is C12H12NO4S-. The minimum absolute atomic E-state index is 0.0000454. The fourth-order valence-electron chi connectivity index (χ4n) is 2.17. The number of nitrogens with zero attached hydrogens (tertiary/aromatic N) is 1. The highest BCUT2D eigenvalue weighted by Crippen LogP contribution is 2.44. The van der Waals surface area contributed by atoms with Gasteiger partial charge >= 0.3 is 0 Å². The summed E-state index contributed by atoms with van der Waals surface area (Å²) in [4.78, 5) is 24.8. The predicted octanol–water partition coefficient (Wildman–Crippen LogP) is 0.382. The van der Waals surface area contributed by atoms with E-state index in [1.54, 1.807) is 12.3 Å². The molecule has 1 saturated carbocycles. The smallest absolute Gasteiger partial charge is 0.227 e. The second kappa shape index (κ2) is 4.35. The number of carboxylic acids is 1. The van der Waals surface area contributed by atoms with Gasteiger partial charge in [-0.25, -0.2) is 0 Å². The number of thioether (sulfide) groups is 1. The molecule has 1 saturated heterocycles. The Morgan fingerprint density at radius 1 is 1.44 bits per heavy atom. The van der Waals surface area contributed by atoms with Crippen LogP contribution in [-0.2, 0) is 9.59 Å². The lowest BCUT2D eigenvalue weighted by Crippen LogP contribution is -2.49. The number of hydrogen-bond donors (Lipinski definition) is 0. The maximum Gasteiger partial charge on any atom is 0.227 e. The van der Waals surface area contributed by atoms with E-state index in [1.165, 1.54) is 22.9 Å². The van der Waals surface area contributed by atoms with Crippen LogP contribution in [-0.4, -0.2) is 28.6 Å². The highest BCUT2D eigenvalue weighted by atomic mass is 32.2. The molecule has 0 radical (unpaired) electrons. The first-order valence-electron chi connectivity index (χ1n) is 5.85. The molecule has 0 aromatic carbocycles. The lowest BCUT2D eigenvalue weighted by atomic mass is 10.2. The first-order chi connectivity index (χ1) is 8.68. The average Bonchev–Trinajstić information content (AvgIpc) is 2.90. The summed E-state index contributed by atoms with van der Waals surface area (Å²) >= 11 is 1.44. The maximum atomic E-state index is 12.2. The number of amides is 1. The zero-order valence-electron chi connectivity index (χ0n) is 9.57. The standard InChI is InChI=1S/C12H13NO4S/c14-10(7-1-2-7)13-9(12(15)16)6-18-11(13)8-3-4-17-5-8/h3-5,7,9,11H,1-2,6H2,(H,15,16)/p-1/t9-,11-/m1/s1. The van der Waals surface area contributed by atoms with Gasteiger partial charge in [-0.2, -0.15) is 0 Å². The van der Waals surface area contributed by atoms with Crippen molar-refractivity contribution in [2.24, 2.45) is 5.92 Å². The Labute approximate surface area is 108 Å². The predicted molar refractivity (Wildman–Crippen MR) is 62.3 cm³/mol. The minimum Gasteiger partial charge on any atom is -0.548 e. The van der Waals surface area contributed by atoms with Crippen molar-refractivity contribution in [2.45, 2.75) is 24.3 Å². The van der Waals surface area contributed by atoms with Gasteiger partial charge in [0.25, 0.3) is 0 Å². The van der Waals surface area contributed by atoms with Crippen LogP contribution < -0.4 is 5.11 Å². The topological polar surface area (TPSA) is 73.6 Å². The van der Waals surface area contributed by atoms with Gasteiger partial charge in [-0.3, -0.25) is 4.79 Å². The van der Waals surface area contributed by atoms with Crippen molar-refractivity contribution in [3.05, 3.63) is 24.2 Å². The van der Waals surface area contributed by atoms with Gasteiger partial charge in [0.15, 0.2) is 0 Å². The molecule has 2 fully saturated rings. The summed E-state index contributed by atoms with van der Waals surface area (Å²) in [5.41, 5.74) is 0.831. The average molecular weight is 266 g/mol. The van der Waals surface area contributed by atoms with Crippen molar-refractivity contribution < 1.29 is 19.1 Å². The summed E-state index contributed by atoms with van der Waals surface area (Å²) in [6.45, 7) is 0. The molecule has 0 bridgehead atoms. The van der Waals surface area contributed by atoms with E-state index in [9.17, 15) is 14.7 Å². The van der Waals surface area contributed by atoms with Crippen LogP contribution in [0.3, 0.4) is 0 Å². The fourth-order valence-corrected chi connectivity index (χ4v) is 3.57. The SMILES string of the molecule is O=C([O-])[C@H]1CS[C@H](c2ccoc2)N1C(=O)C1CC1. The first kappa shape index (κ1) is 11.6. The van der Waals surface area contributed by atoms with Gasteiger partial charge in [-0.05, 0) is 18.9 Å². The van der Waals surface area contributed by atoms with E-state index >= 15 is 0 Å². The molecule has 5 nitrogen and oxygen atoms in total. The van der Waals surface area contributed by atoms with Crippen molar-refractivity contribution in [3.63, 3.8) is 0 Å². The van der Waals surface area contributed by atoms with E-state index in [2.05, 4.69) is 0 Å². The molecule has 18 heavy (non-hydrogen) atoms. The number of hydrogen-bond acceptors (Lipinski definition) is 5. The molecule has 1 amide bonds. The molecule has 6 heteroatoms. The van der Waals surface area contributed by atoms with Gasteiger partial charge in [-0.1, -0.05) is 0 Å². The summed E-state index contributed by atoms with van der Waals surface area (Å²) in [6, 6.07) is 0.936. The second-order valence-corrected chi connectivity index (χ2v) is 5.71. The van der Waals surface area contributed by atoms with Gasteiger partial charge in [0.2, 0.25) is 5.91 Å². The quantitative estimate of drug-likeness (QED) is 0.791. The summed E-state index contributed by atoms with van der Waals surface area (Å²) in [5.74, 6) is -0.876. The fraction of sp³-hybridized carbons (Fsp3) is 0.500. The molecule has 0 N–H and O–H groups in total. The number of aliphatic carboxylic acids is 1. The van der Waals surface area contributed by atoms with Crippen LogP contribution in [0.1, 0.15) is 23.8 Å². The van der Waals surface area contributed by atoms with Crippen LogP contribution >= 0.6 is 11.8 Å². The Morgan fingerprint density at radius 2 is 2.22 bits per heavy atom. The third-order valence-electron chi connectivity index (χ3n) is 3.28. The molecule has 1 aliphatic carbocycles. The molecule has 1 aromatic heterocycles. The van der Waals surface area contributed by atoms with Gasteiger partial charge in [0.05, 0.1) is 24.5 Å². The van der Waals surface area contributed by atoms with E-state index in [4.69, 9.17) is 4.42 Å². The summed E-state index contributed by atoms with van der Waals surface area (Å²) in [7, 11) is 0. The summed E-state index contributed by atoms with van der Waals surface area (Å²) in [5, 5.41) is 10.9. The molecule has 2 heterocycles. The number of carboxylic acid groups (broad SMARTS) is 1. The van der Waals surface area contributed by atoms with Crippen LogP contribution in [0, 0.1) is 5.92 Å². The lowest BCUT2D eigenvalue weighted by Gasteiger charge is -2.29. The molecule has 0 spiro atoms. The Hall–Kier alpha value is -1.43. The van der Waals surface area contributed by atoms with Crippen LogP contribution in [0.15, 0.2) is 23.0 Å². The zero-order chi connectivity index (χ0) is 12.7. The molecular weight excluding hydrogens is 254 g/mol. The minimum atomic E-state index is -1.18. The highest BCUT2D eigenvalue weighted by molar-refractivity contribution is 7.99. The third kappa shape index (κ3) is 1.90. The Bertz CT molecular complexity index is 468. The Kier molecular flexibility index (Phi) is 2.81. The number of rotatable bonds is 3. The number of furan rings is 1. The van der Waals surface area contributed by atoms with E-state index < -0.39 is 12.0 Å². The molecule has 3 rings (SSSR count). The van der Waals surface area contributed by atoms with E-state index in [1.807, 2.05) is 0 Å². The van der Waals surface area contributed by atoms with Crippen LogP contribution in [0.2, 0.25) is 0 Å². The van der Waals surface area contributed by atoms with Crippen molar-refractivity contribution >= 4 is 23.6 Å². The third-order valence-corrected chi connectivity index (χ3v) is 4.61. The molecule has 96 valence electrons. The van der Waals surface area contributed by atoms with Crippen LogP contribution in [0.5, 0.6) is 0 Å². The van der Waals surface area contributed by atoms with Crippen LogP contribution in [0.4, 0.5) is 0 Å². The van der Waals surface area contributed by atoms with Crippen LogP contribution in [0.25, 0.3) is 0 Å². The number of carbonyl (C=O) groups excluding carboxylic acids is 2. The monoisotopic (exact) mass is 266 g/mol. The second-order valence-electron chi connectivity index (χ2n) is 4.60. The van der Waals surface area contributed by atoms with Gasteiger partial charge in [0, 0.05) is 17.2 Å². The molecule has 1 aliphatic heterocycles. The molecule has 2 aliphatic rings. The lowest BCUT2D eigenvalue weighted by molar-refractivity contribution is -0.310. The largest absolute Gasteiger partial charge is 0.548 e. The molecule has 2 atom stereocenters. The molecule has 0 unspecified atom stereocenters. The summed E-state index contributed by atoms with van der Waals surface area (Å²) < 4.78 is 5.01. The van der Waals surface area contributed by atoms with Gasteiger partial charge < -0.3 is 19.2 Å². The first-order valence-corrected chi connectivity index (χ1v) is 6.90. The normalized spacial score (nSPS) is 27.4. The van der Waals surface area contributed by atoms with Gasteiger partial charge in [0.1, 0.15) is 5.37 Å². The Morgan fingerprint density at radius 3 is 2.78 bits per heavy atom. The maximum absolute atomic E-state index is 12.2. The summed E-state index contributed by atoms with van der Waals surface area (Å²) in [6.07, 6.45) is 4.81.